The van der Waals surface area contributed by atoms with Crippen molar-refractivity contribution in [2.45, 2.75) is 51.8 Å². The minimum atomic E-state index is -0.832. The minimum Gasteiger partial charge on any atom is -0.389 e. The number of carbonyl (C=O) groups excluding carboxylic acids is 1. The molecule has 5 heteroatoms. The molecule has 1 aliphatic rings. The molecule has 2 N–H and O–H groups in total. The van der Waals surface area contributed by atoms with E-state index in [0.29, 0.717) is 19.6 Å². The lowest BCUT2D eigenvalue weighted by atomic mass is 10.0. The summed E-state index contributed by atoms with van der Waals surface area (Å²) in [6.45, 7) is 10.4. The largest absolute Gasteiger partial charge is 0.389 e. The summed E-state index contributed by atoms with van der Waals surface area (Å²) in [4.78, 5) is 16.9. The van der Waals surface area contributed by atoms with Crippen LogP contribution in [0.5, 0.6) is 0 Å². The van der Waals surface area contributed by atoms with Gasteiger partial charge >= 0.3 is 0 Å². The van der Waals surface area contributed by atoms with Crippen LogP contribution >= 0.6 is 0 Å². The van der Waals surface area contributed by atoms with E-state index in [4.69, 9.17) is 0 Å². The summed E-state index contributed by atoms with van der Waals surface area (Å²) in [7, 11) is 0. The highest BCUT2D eigenvalue weighted by Gasteiger charge is 2.23. The van der Waals surface area contributed by atoms with Gasteiger partial charge in [-0.15, -0.1) is 0 Å². The van der Waals surface area contributed by atoms with Gasteiger partial charge in [0.1, 0.15) is 0 Å². The fourth-order valence-electron chi connectivity index (χ4n) is 3.43. The number of rotatable bonds is 8. The van der Waals surface area contributed by atoms with Crippen molar-refractivity contribution in [1.29, 1.82) is 0 Å². The van der Waals surface area contributed by atoms with E-state index in [-0.39, 0.29) is 11.9 Å². The number of likely N-dealkylation sites (tertiary alicyclic amines) is 1. The third-order valence-corrected chi connectivity index (χ3v) is 4.63. The van der Waals surface area contributed by atoms with Crippen LogP contribution in [0.25, 0.3) is 0 Å². The number of carbonyl (C=O) groups is 1. The molecule has 0 bridgehead atoms. The Labute approximate surface area is 152 Å². The van der Waals surface area contributed by atoms with Crippen molar-refractivity contribution in [2.24, 2.45) is 0 Å². The lowest BCUT2D eigenvalue weighted by molar-refractivity contribution is -0.124. The molecule has 1 amide bonds. The van der Waals surface area contributed by atoms with Crippen LogP contribution in [0.4, 0.5) is 0 Å². The third-order valence-electron chi connectivity index (χ3n) is 4.63. The SMILES string of the molecule is CCN1CCC(NC(=O)CN(Cc2ccccc2)CC(C)(C)O)CC1. The van der Waals surface area contributed by atoms with Crippen LogP contribution in [-0.4, -0.2) is 65.2 Å². The second-order valence-electron chi connectivity index (χ2n) is 7.72. The Morgan fingerprint density at radius 3 is 2.48 bits per heavy atom. The molecule has 5 nitrogen and oxygen atoms in total. The summed E-state index contributed by atoms with van der Waals surface area (Å²) >= 11 is 0. The van der Waals surface area contributed by atoms with E-state index >= 15 is 0 Å². The van der Waals surface area contributed by atoms with Crippen LogP contribution in [0.2, 0.25) is 0 Å². The monoisotopic (exact) mass is 347 g/mol. The normalized spacial score (nSPS) is 17.0. The maximum Gasteiger partial charge on any atom is 0.234 e. The third kappa shape index (κ3) is 7.55. The number of hydrogen-bond acceptors (Lipinski definition) is 4. The predicted molar refractivity (Wildman–Crippen MR) is 101 cm³/mol. The number of amides is 1. The van der Waals surface area contributed by atoms with E-state index in [9.17, 15) is 9.90 Å². The molecule has 0 aliphatic carbocycles. The molecular weight excluding hydrogens is 314 g/mol. The fraction of sp³-hybridized carbons (Fsp3) is 0.650. The Hall–Kier alpha value is -1.43. The maximum absolute atomic E-state index is 12.5. The van der Waals surface area contributed by atoms with Crippen molar-refractivity contribution in [1.82, 2.24) is 15.1 Å². The first-order chi connectivity index (χ1) is 11.9. The van der Waals surface area contributed by atoms with Gasteiger partial charge in [-0.3, -0.25) is 9.69 Å². The Morgan fingerprint density at radius 2 is 1.92 bits per heavy atom. The summed E-state index contributed by atoms with van der Waals surface area (Å²) in [6.07, 6.45) is 2.04. The summed E-state index contributed by atoms with van der Waals surface area (Å²) in [5, 5.41) is 13.4. The molecule has 0 atom stereocenters. The molecule has 1 saturated heterocycles. The van der Waals surface area contributed by atoms with Crippen LogP contribution in [0, 0.1) is 0 Å². The first kappa shape index (κ1) is 19.9. The minimum absolute atomic E-state index is 0.0510. The zero-order valence-electron chi connectivity index (χ0n) is 15.9. The second kappa shape index (κ2) is 9.32. The van der Waals surface area contributed by atoms with Gasteiger partial charge in [-0.2, -0.15) is 0 Å². The quantitative estimate of drug-likeness (QED) is 0.754. The number of nitrogens with zero attached hydrogens (tertiary/aromatic N) is 2. The zero-order chi connectivity index (χ0) is 18.3. The molecule has 0 aromatic heterocycles. The lowest BCUT2D eigenvalue weighted by Crippen LogP contribution is -2.49. The number of aliphatic hydroxyl groups is 1. The van der Waals surface area contributed by atoms with Crippen molar-refractivity contribution >= 4 is 5.91 Å². The van der Waals surface area contributed by atoms with Crippen LogP contribution in [0.15, 0.2) is 30.3 Å². The average Bonchev–Trinajstić information content (AvgIpc) is 2.54. The van der Waals surface area contributed by atoms with Crippen LogP contribution < -0.4 is 5.32 Å². The van der Waals surface area contributed by atoms with Gasteiger partial charge in [-0.1, -0.05) is 37.3 Å². The molecule has 0 spiro atoms. The number of nitrogens with one attached hydrogen (secondary N) is 1. The first-order valence-electron chi connectivity index (χ1n) is 9.36. The van der Waals surface area contributed by atoms with E-state index in [0.717, 1.165) is 38.0 Å². The number of benzene rings is 1. The molecule has 0 saturated carbocycles. The van der Waals surface area contributed by atoms with Gasteiger partial charge in [0.25, 0.3) is 0 Å². The van der Waals surface area contributed by atoms with Gasteiger partial charge in [-0.25, -0.2) is 0 Å². The maximum atomic E-state index is 12.5. The van der Waals surface area contributed by atoms with Gasteiger partial charge in [0.2, 0.25) is 5.91 Å². The van der Waals surface area contributed by atoms with Crippen molar-refractivity contribution < 1.29 is 9.90 Å². The van der Waals surface area contributed by atoms with E-state index < -0.39 is 5.60 Å². The highest BCUT2D eigenvalue weighted by Crippen LogP contribution is 2.12. The van der Waals surface area contributed by atoms with Crippen LogP contribution in [-0.2, 0) is 11.3 Å². The molecule has 1 aromatic rings. The van der Waals surface area contributed by atoms with Crippen molar-refractivity contribution in [3.63, 3.8) is 0 Å². The number of hydrogen-bond donors (Lipinski definition) is 2. The molecule has 1 heterocycles. The van der Waals surface area contributed by atoms with E-state index in [2.05, 4.69) is 29.3 Å². The highest BCUT2D eigenvalue weighted by molar-refractivity contribution is 5.78. The topological polar surface area (TPSA) is 55.8 Å². The van der Waals surface area contributed by atoms with Crippen molar-refractivity contribution in [3.05, 3.63) is 35.9 Å². The molecule has 1 aliphatic heterocycles. The first-order valence-corrected chi connectivity index (χ1v) is 9.36. The summed E-state index contributed by atoms with van der Waals surface area (Å²) in [5.74, 6) is 0.0510. The van der Waals surface area contributed by atoms with E-state index in [1.807, 2.05) is 23.1 Å². The van der Waals surface area contributed by atoms with Crippen LogP contribution in [0.3, 0.4) is 0 Å². The zero-order valence-corrected chi connectivity index (χ0v) is 15.9. The molecule has 140 valence electrons. The predicted octanol–water partition coefficient (Wildman–Crippen LogP) is 1.86. The van der Waals surface area contributed by atoms with E-state index in [1.54, 1.807) is 13.8 Å². The fourth-order valence-corrected chi connectivity index (χ4v) is 3.43. The summed E-state index contributed by atoms with van der Waals surface area (Å²) in [6, 6.07) is 10.4. The average molecular weight is 348 g/mol. The highest BCUT2D eigenvalue weighted by atomic mass is 16.3. The molecule has 1 aromatic carbocycles. The van der Waals surface area contributed by atoms with Crippen molar-refractivity contribution in [3.8, 4) is 0 Å². The van der Waals surface area contributed by atoms with Crippen LogP contribution in [0.1, 0.15) is 39.2 Å². The van der Waals surface area contributed by atoms with Gasteiger partial charge in [0, 0.05) is 32.2 Å². The smallest absolute Gasteiger partial charge is 0.234 e. The molecule has 0 radical (unpaired) electrons. The summed E-state index contributed by atoms with van der Waals surface area (Å²) < 4.78 is 0. The van der Waals surface area contributed by atoms with Gasteiger partial charge in [0.05, 0.1) is 12.1 Å². The van der Waals surface area contributed by atoms with Crippen molar-refractivity contribution in [2.75, 3.05) is 32.7 Å². The molecule has 0 unspecified atom stereocenters. The molecule has 2 rings (SSSR count). The van der Waals surface area contributed by atoms with Gasteiger partial charge in [0.15, 0.2) is 0 Å². The Kier molecular flexibility index (Phi) is 7.41. The Bertz CT molecular complexity index is 519. The number of piperidine rings is 1. The Balaban J connectivity index is 1.88. The standard InChI is InChI=1S/C20H33N3O2/c1-4-22-12-10-18(11-13-22)21-19(24)15-23(16-20(2,3)25)14-17-8-6-5-7-9-17/h5-9,18,25H,4,10-16H2,1-3H3,(H,21,24). The van der Waals surface area contributed by atoms with Gasteiger partial charge in [-0.05, 0) is 38.8 Å². The molecule has 1 fully saturated rings. The van der Waals surface area contributed by atoms with Gasteiger partial charge < -0.3 is 15.3 Å². The second-order valence-corrected chi connectivity index (χ2v) is 7.72. The lowest BCUT2D eigenvalue weighted by Gasteiger charge is -2.33. The molecular formula is C20H33N3O2. The van der Waals surface area contributed by atoms with E-state index in [1.165, 1.54) is 0 Å². The molecule has 25 heavy (non-hydrogen) atoms. The summed E-state index contributed by atoms with van der Waals surface area (Å²) in [5.41, 5.74) is 0.317. The Morgan fingerprint density at radius 1 is 1.28 bits per heavy atom.